The molecule has 3 nitrogen and oxygen atoms in total. The minimum atomic E-state index is -0.218. The van der Waals surface area contributed by atoms with E-state index in [0.29, 0.717) is 5.92 Å². The van der Waals surface area contributed by atoms with Gasteiger partial charge >= 0.3 is 0 Å². The predicted octanol–water partition coefficient (Wildman–Crippen LogP) is 3.92. The van der Waals surface area contributed by atoms with Crippen molar-refractivity contribution in [1.82, 2.24) is 5.32 Å². The van der Waals surface area contributed by atoms with Crippen LogP contribution < -0.4 is 10.6 Å². The number of hydrogen-bond donors (Lipinski definition) is 2. The molecular weight excluding hydrogens is 260 g/mol. The summed E-state index contributed by atoms with van der Waals surface area (Å²) >= 11 is 0. The lowest BCUT2D eigenvalue weighted by Crippen LogP contribution is -2.38. The molecule has 0 bridgehead atoms. The number of anilines is 1. The highest BCUT2D eigenvalue weighted by Crippen LogP contribution is 2.32. The minimum Gasteiger partial charge on any atom is -0.326 e. The molecular formula is C18H28N2O. The number of benzene rings is 1. The number of hydrogen-bond acceptors (Lipinski definition) is 2. The van der Waals surface area contributed by atoms with E-state index in [-0.39, 0.29) is 11.3 Å². The van der Waals surface area contributed by atoms with Crippen LogP contribution >= 0.6 is 0 Å². The van der Waals surface area contributed by atoms with E-state index >= 15 is 0 Å². The zero-order chi connectivity index (χ0) is 15.3. The maximum atomic E-state index is 12.7. The van der Waals surface area contributed by atoms with E-state index in [1.54, 1.807) is 0 Å². The molecule has 1 amide bonds. The number of amides is 1. The lowest BCUT2D eigenvalue weighted by Gasteiger charge is -2.26. The first kappa shape index (κ1) is 16.0. The largest absolute Gasteiger partial charge is 0.326 e. The van der Waals surface area contributed by atoms with E-state index in [0.717, 1.165) is 44.5 Å². The van der Waals surface area contributed by atoms with E-state index < -0.39 is 0 Å². The summed E-state index contributed by atoms with van der Waals surface area (Å²) in [5, 5.41) is 6.45. The molecule has 3 heteroatoms. The monoisotopic (exact) mass is 288 g/mol. The van der Waals surface area contributed by atoms with Crippen LogP contribution in [0.4, 0.5) is 5.69 Å². The van der Waals surface area contributed by atoms with Crippen molar-refractivity contribution in [3.05, 3.63) is 29.8 Å². The van der Waals surface area contributed by atoms with Gasteiger partial charge < -0.3 is 10.6 Å². The van der Waals surface area contributed by atoms with Gasteiger partial charge in [0.15, 0.2) is 0 Å². The highest BCUT2D eigenvalue weighted by Gasteiger charge is 2.40. The number of carbonyl (C=O) groups is 1. The van der Waals surface area contributed by atoms with Crippen molar-refractivity contribution >= 4 is 11.6 Å². The molecule has 1 aliphatic heterocycles. The average Bonchev–Trinajstić information content (AvgIpc) is 2.97. The summed E-state index contributed by atoms with van der Waals surface area (Å²) in [6, 6.07) is 8.31. The third-order valence-corrected chi connectivity index (χ3v) is 4.80. The van der Waals surface area contributed by atoms with Crippen molar-refractivity contribution in [2.45, 2.75) is 52.4 Å². The molecule has 21 heavy (non-hydrogen) atoms. The van der Waals surface area contributed by atoms with Crippen LogP contribution in [-0.2, 0) is 4.79 Å². The Kier molecular flexibility index (Phi) is 5.40. The van der Waals surface area contributed by atoms with Gasteiger partial charge in [0, 0.05) is 12.2 Å². The average molecular weight is 288 g/mol. The molecule has 116 valence electrons. The minimum absolute atomic E-state index is 0.172. The van der Waals surface area contributed by atoms with Crippen LogP contribution in [0.25, 0.3) is 0 Å². The first-order chi connectivity index (χ1) is 10.1. The van der Waals surface area contributed by atoms with Crippen molar-refractivity contribution in [3.8, 4) is 0 Å². The summed E-state index contributed by atoms with van der Waals surface area (Å²) in [4.78, 5) is 12.7. The first-order valence-corrected chi connectivity index (χ1v) is 8.23. The molecule has 0 spiro atoms. The van der Waals surface area contributed by atoms with E-state index in [1.807, 2.05) is 12.1 Å². The Balaban J connectivity index is 2.05. The fourth-order valence-corrected chi connectivity index (χ4v) is 3.14. The van der Waals surface area contributed by atoms with Gasteiger partial charge in [-0.1, -0.05) is 39.3 Å². The Morgan fingerprint density at radius 1 is 1.33 bits per heavy atom. The Bertz CT molecular complexity index is 461. The zero-order valence-corrected chi connectivity index (χ0v) is 13.5. The highest BCUT2D eigenvalue weighted by atomic mass is 16.2. The Morgan fingerprint density at radius 2 is 2.05 bits per heavy atom. The van der Waals surface area contributed by atoms with Crippen LogP contribution in [0.5, 0.6) is 0 Å². The molecule has 1 aliphatic rings. The second kappa shape index (κ2) is 7.08. The third kappa shape index (κ3) is 3.65. The third-order valence-electron chi connectivity index (χ3n) is 4.80. The molecule has 1 aromatic carbocycles. The summed E-state index contributed by atoms with van der Waals surface area (Å²) in [5.74, 6) is 0.742. The molecule has 1 heterocycles. The number of nitrogens with one attached hydrogen (secondary N) is 2. The van der Waals surface area contributed by atoms with Crippen molar-refractivity contribution in [3.63, 3.8) is 0 Å². The summed E-state index contributed by atoms with van der Waals surface area (Å²) in [6.07, 6.45) is 4.08. The first-order valence-electron chi connectivity index (χ1n) is 8.23. The van der Waals surface area contributed by atoms with Crippen LogP contribution in [0, 0.1) is 5.41 Å². The molecule has 1 saturated heterocycles. The molecule has 2 unspecified atom stereocenters. The molecule has 2 N–H and O–H groups in total. The molecule has 0 aromatic heterocycles. The van der Waals surface area contributed by atoms with Crippen molar-refractivity contribution in [2.24, 2.45) is 5.41 Å². The molecule has 0 aliphatic carbocycles. The molecule has 0 saturated carbocycles. The second-order valence-electron chi connectivity index (χ2n) is 6.34. The summed E-state index contributed by atoms with van der Waals surface area (Å²) in [6.45, 7) is 8.32. The molecule has 2 atom stereocenters. The predicted molar refractivity (Wildman–Crippen MR) is 88.6 cm³/mol. The summed E-state index contributed by atoms with van der Waals surface area (Å²) in [5.41, 5.74) is 2.03. The quantitative estimate of drug-likeness (QED) is 0.833. The maximum absolute atomic E-state index is 12.7. The van der Waals surface area contributed by atoms with Gasteiger partial charge in [0.1, 0.15) is 0 Å². The second-order valence-corrected chi connectivity index (χ2v) is 6.34. The van der Waals surface area contributed by atoms with Gasteiger partial charge in [-0.05, 0) is 49.4 Å². The Labute approximate surface area is 128 Å². The zero-order valence-electron chi connectivity index (χ0n) is 13.5. The lowest BCUT2D eigenvalue weighted by atomic mass is 9.81. The van der Waals surface area contributed by atoms with Crippen LogP contribution in [0.2, 0.25) is 0 Å². The van der Waals surface area contributed by atoms with Gasteiger partial charge in [-0.2, -0.15) is 0 Å². The maximum Gasteiger partial charge on any atom is 0.231 e. The molecule has 1 aromatic rings. The van der Waals surface area contributed by atoms with Crippen LogP contribution in [0.15, 0.2) is 24.3 Å². The number of rotatable bonds is 6. The lowest BCUT2D eigenvalue weighted by molar-refractivity contribution is -0.125. The standard InChI is InChI=1S/C18H28N2O/c1-4-10-18(11-12-19-13-18)17(21)20-16-8-6-15(7-9-16)14(3)5-2/h6-9,14,19H,4-5,10-13H2,1-3H3,(H,20,21). The number of carbonyl (C=O) groups excluding carboxylic acids is 1. The smallest absolute Gasteiger partial charge is 0.231 e. The van der Waals surface area contributed by atoms with Crippen molar-refractivity contribution < 1.29 is 4.79 Å². The van der Waals surface area contributed by atoms with Gasteiger partial charge in [0.2, 0.25) is 5.91 Å². The fourth-order valence-electron chi connectivity index (χ4n) is 3.14. The Morgan fingerprint density at radius 3 is 2.57 bits per heavy atom. The summed E-state index contributed by atoms with van der Waals surface area (Å²) < 4.78 is 0. The topological polar surface area (TPSA) is 41.1 Å². The van der Waals surface area contributed by atoms with Crippen LogP contribution in [0.3, 0.4) is 0 Å². The van der Waals surface area contributed by atoms with E-state index in [2.05, 4.69) is 43.5 Å². The van der Waals surface area contributed by atoms with E-state index in [4.69, 9.17) is 0 Å². The van der Waals surface area contributed by atoms with Gasteiger partial charge in [0.25, 0.3) is 0 Å². The molecule has 2 rings (SSSR count). The van der Waals surface area contributed by atoms with Crippen LogP contribution in [-0.4, -0.2) is 19.0 Å². The van der Waals surface area contributed by atoms with Gasteiger partial charge in [0.05, 0.1) is 5.41 Å². The van der Waals surface area contributed by atoms with Gasteiger partial charge in [-0.25, -0.2) is 0 Å². The van der Waals surface area contributed by atoms with E-state index in [9.17, 15) is 4.79 Å². The van der Waals surface area contributed by atoms with Crippen molar-refractivity contribution in [1.29, 1.82) is 0 Å². The van der Waals surface area contributed by atoms with Crippen LogP contribution in [0.1, 0.15) is 57.9 Å². The molecule has 1 fully saturated rings. The Hall–Kier alpha value is -1.35. The SMILES string of the molecule is CCCC1(C(=O)Nc2ccc(C(C)CC)cc2)CCNC1. The fraction of sp³-hybridized carbons (Fsp3) is 0.611. The van der Waals surface area contributed by atoms with Gasteiger partial charge in [-0.3, -0.25) is 4.79 Å². The van der Waals surface area contributed by atoms with Crippen molar-refractivity contribution in [2.75, 3.05) is 18.4 Å². The molecule has 0 radical (unpaired) electrons. The van der Waals surface area contributed by atoms with E-state index in [1.165, 1.54) is 5.56 Å². The summed E-state index contributed by atoms with van der Waals surface area (Å²) in [7, 11) is 0. The van der Waals surface area contributed by atoms with Gasteiger partial charge in [-0.15, -0.1) is 0 Å². The highest BCUT2D eigenvalue weighted by molar-refractivity contribution is 5.95. The normalized spacial score (nSPS) is 23.0.